The lowest BCUT2D eigenvalue weighted by Crippen LogP contribution is -2.42. The number of guanidine groups is 1. The molecule has 0 aliphatic carbocycles. The van der Waals surface area contributed by atoms with E-state index < -0.39 is 0 Å². The monoisotopic (exact) mass is 520 g/mol. The molecule has 0 aliphatic heterocycles. The summed E-state index contributed by atoms with van der Waals surface area (Å²) in [4.78, 5) is 16.3. The van der Waals surface area contributed by atoms with E-state index >= 15 is 0 Å². The lowest BCUT2D eigenvalue weighted by atomic mass is 10.3. The molecule has 1 heterocycles. The number of benzene rings is 1. The Labute approximate surface area is 187 Å². The molecule has 0 bridgehead atoms. The standard InChI is InChI=1S/C19H25ClN4O3.HI/c1-3-21-19(23-11-10-22-18(25)17-5-4-12-26-17)24-13-14(2)27-16-8-6-15(20)7-9-16;/h4-9,12,14H,3,10-11,13H2,1-2H3,(H,22,25)(H2,21,23,24);1H. The third-order valence-electron chi connectivity index (χ3n) is 3.45. The lowest BCUT2D eigenvalue weighted by Gasteiger charge is -2.15. The van der Waals surface area contributed by atoms with Crippen molar-refractivity contribution in [2.75, 3.05) is 26.2 Å². The molecule has 0 spiro atoms. The van der Waals surface area contributed by atoms with E-state index in [2.05, 4.69) is 20.9 Å². The number of carbonyl (C=O) groups is 1. The maximum atomic E-state index is 11.8. The molecule has 2 aromatic rings. The van der Waals surface area contributed by atoms with Crippen LogP contribution in [0.2, 0.25) is 5.02 Å². The number of hydrogen-bond acceptors (Lipinski definition) is 4. The average molecular weight is 521 g/mol. The van der Waals surface area contributed by atoms with Crippen molar-refractivity contribution in [1.82, 2.24) is 16.0 Å². The third-order valence-corrected chi connectivity index (χ3v) is 3.70. The molecular weight excluding hydrogens is 495 g/mol. The maximum Gasteiger partial charge on any atom is 0.287 e. The molecule has 2 rings (SSSR count). The summed E-state index contributed by atoms with van der Waals surface area (Å²) in [5.41, 5.74) is 0. The Balaban J connectivity index is 0.00000392. The maximum absolute atomic E-state index is 11.8. The van der Waals surface area contributed by atoms with Crippen LogP contribution in [-0.2, 0) is 0 Å². The van der Waals surface area contributed by atoms with Gasteiger partial charge in [-0.15, -0.1) is 24.0 Å². The van der Waals surface area contributed by atoms with Gasteiger partial charge in [0.1, 0.15) is 11.9 Å². The highest BCUT2D eigenvalue weighted by Gasteiger charge is 2.07. The van der Waals surface area contributed by atoms with E-state index in [1.165, 1.54) is 6.26 Å². The number of ether oxygens (including phenoxy) is 1. The van der Waals surface area contributed by atoms with Crippen molar-refractivity contribution < 1.29 is 13.9 Å². The van der Waals surface area contributed by atoms with Crippen LogP contribution in [0.3, 0.4) is 0 Å². The Morgan fingerprint density at radius 3 is 2.54 bits per heavy atom. The third kappa shape index (κ3) is 8.83. The Kier molecular flexibility index (Phi) is 11.4. The van der Waals surface area contributed by atoms with Gasteiger partial charge in [0.25, 0.3) is 5.91 Å². The predicted octanol–water partition coefficient (Wildman–Crippen LogP) is 3.30. The predicted molar refractivity (Wildman–Crippen MR) is 122 cm³/mol. The fraction of sp³-hybridized carbons (Fsp3) is 0.368. The van der Waals surface area contributed by atoms with E-state index in [0.717, 1.165) is 12.3 Å². The van der Waals surface area contributed by atoms with E-state index in [0.29, 0.717) is 36.4 Å². The molecule has 0 radical (unpaired) electrons. The van der Waals surface area contributed by atoms with Crippen LogP contribution in [-0.4, -0.2) is 44.1 Å². The number of aliphatic imine (C=N–C) groups is 1. The number of carbonyl (C=O) groups excluding carboxylic acids is 1. The first-order chi connectivity index (χ1) is 13.1. The van der Waals surface area contributed by atoms with Crippen molar-refractivity contribution in [1.29, 1.82) is 0 Å². The molecule has 0 fully saturated rings. The van der Waals surface area contributed by atoms with E-state index in [9.17, 15) is 4.79 Å². The van der Waals surface area contributed by atoms with Crippen LogP contribution >= 0.6 is 35.6 Å². The molecule has 1 amide bonds. The van der Waals surface area contributed by atoms with Crippen LogP contribution in [0.1, 0.15) is 24.4 Å². The zero-order valence-electron chi connectivity index (χ0n) is 15.9. The summed E-state index contributed by atoms with van der Waals surface area (Å²) in [5, 5.41) is 9.77. The first-order valence-electron chi connectivity index (χ1n) is 8.84. The summed E-state index contributed by atoms with van der Waals surface area (Å²) in [6.07, 6.45) is 1.37. The Morgan fingerprint density at radius 1 is 1.18 bits per heavy atom. The fourth-order valence-corrected chi connectivity index (χ4v) is 2.32. The number of nitrogens with zero attached hydrogens (tertiary/aromatic N) is 1. The molecule has 1 aromatic heterocycles. The van der Waals surface area contributed by atoms with Gasteiger partial charge in [-0.3, -0.25) is 4.79 Å². The molecular formula is C19H26ClIN4O3. The number of rotatable bonds is 9. The smallest absolute Gasteiger partial charge is 0.287 e. The summed E-state index contributed by atoms with van der Waals surface area (Å²) in [6, 6.07) is 10.5. The molecule has 0 aliphatic rings. The summed E-state index contributed by atoms with van der Waals surface area (Å²) in [6.45, 7) is 6.13. The molecule has 0 saturated heterocycles. The van der Waals surface area contributed by atoms with E-state index in [4.69, 9.17) is 20.8 Å². The lowest BCUT2D eigenvalue weighted by molar-refractivity contribution is 0.0926. The van der Waals surface area contributed by atoms with Gasteiger partial charge in [-0.05, 0) is 50.2 Å². The van der Waals surface area contributed by atoms with Gasteiger partial charge in [0.05, 0.1) is 12.8 Å². The summed E-state index contributed by atoms with van der Waals surface area (Å²) >= 11 is 5.87. The summed E-state index contributed by atoms with van der Waals surface area (Å²) in [5.74, 6) is 1.47. The van der Waals surface area contributed by atoms with Crippen molar-refractivity contribution in [2.24, 2.45) is 4.99 Å². The number of furan rings is 1. The van der Waals surface area contributed by atoms with Gasteiger partial charge >= 0.3 is 0 Å². The minimum atomic E-state index is -0.242. The zero-order chi connectivity index (χ0) is 19.5. The van der Waals surface area contributed by atoms with E-state index in [-0.39, 0.29) is 36.0 Å². The van der Waals surface area contributed by atoms with Crippen LogP contribution in [0.5, 0.6) is 5.75 Å². The van der Waals surface area contributed by atoms with E-state index in [1.54, 1.807) is 24.3 Å². The van der Waals surface area contributed by atoms with E-state index in [1.807, 2.05) is 26.0 Å². The molecule has 9 heteroatoms. The van der Waals surface area contributed by atoms with Crippen molar-refractivity contribution in [3.8, 4) is 5.75 Å². The molecule has 1 atom stereocenters. The number of nitrogens with one attached hydrogen (secondary N) is 3. The molecule has 3 N–H and O–H groups in total. The van der Waals surface area contributed by atoms with Gasteiger partial charge < -0.3 is 25.1 Å². The molecule has 0 saturated carbocycles. The van der Waals surface area contributed by atoms with Crippen LogP contribution < -0.4 is 20.7 Å². The normalized spacial score (nSPS) is 11.9. The number of halogens is 2. The van der Waals surface area contributed by atoms with Gasteiger partial charge in [-0.1, -0.05) is 11.6 Å². The van der Waals surface area contributed by atoms with Gasteiger partial charge in [-0.2, -0.15) is 0 Å². The van der Waals surface area contributed by atoms with Gasteiger partial charge in [0.2, 0.25) is 0 Å². The Morgan fingerprint density at radius 2 is 1.89 bits per heavy atom. The van der Waals surface area contributed by atoms with Crippen molar-refractivity contribution in [3.05, 3.63) is 53.4 Å². The molecule has 154 valence electrons. The van der Waals surface area contributed by atoms with Crippen LogP contribution in [0, 0.1) is 0 Å². The van der Waals surface area contributed by atoms with Crippen LogP contribution in [0.25, 0.3) is 0 Å². The summed E-state index contributed by atoms with van der Waals surface area (Å²) < 4.78 is 10.9. The molecule has 1 aromatic carbocycles. The van der Waals surface area contributed by atoms with Crippen molar-refractivity contribution >= 4 is 47.4 Å². The quantitative estimate of drug-likeness (QED) is 0.204. The highest BCUT2D eigenvalue weighted by atomic mass is 127. The fourth-order valence-electron chi connectivity index (χ4n) is 2.20. The SMILES string of the molecule is CCNC(=NCC(C)Oc1ccc(Cl)cc1)NCCNC(=O)c1ccco1.I. The highest BCUT2D eigenvalue weighted by Crippen LogP contribution is 2.16. The largest absolute Gasteiger partial charge is 0.489 e. The molecule has 28 heavy (non-hydrogen) atoms. The second kappa shape index (κ2) is 13.3. The van der Waals surface area contributed by atoms with Gasteiger partial charge in [-0.25, -0.2) is 4.99 Å². The van der Waals surface area contributed by atoms with Crippen LogP contribution in [0.4, 0.5) is 0 Å². The van der Waals surface area contributed by atoms with Crippen LogP contribution in [0.15, 0.2) is 52.1 Å². The molecule has 1 unspecified atom stereocenters. The van der Waals surface area contributed by atoms with Gasteiger partial charge in [0.15, 0.2) is 11.7 Å². The first kappa shape index (κ1) is 24.1. The van der Waals surface area contributed by atoms with Gasteiger partial charge in [0, 0.05) is 24.7 Å². The second-order valence-electron chi connectivity index (χ2n) is 5.76. The minimum absolute atomic E-state index is 0. The minimum Gasteiger partial charge on any atom is -0.489 e. The van der Waals surface area contributed by atoms with Crippen molar-refractivity contribution in [3.63, 3.8) is 0 Å². The average Bonchev–Trinajstić information content (AvgIpc) is 3.19. The topological polar surface area (TPSA) is 87.9 Å². The first-order valence-corrected chi connectivity index (χ1v) is 9.22. The number of amides is 1. The Bertz CT molecular complexity index is 723. The molecule has 7 nitrogen and oxygen atoms in total. The summed E-state index contributed by atoms with van der Waals surface area (Å²) in [7, 11) is 0. The Hall–Kier alpha value is -1.94. The zero-order valence-corrected chi connectivity index (χ0v) is 19.0. The number of hydrogen-bond donors (Lipinski definition) is 3. The van der Waals surface area contributed by atoms with Crippen molar-refractivity contribution in [2.45, 2.75) is 20.0 Å². The second-order valence-corrected chi connectivity index (χ2v) is 6.20. The highest BCUT2D eigenvalue weighted by molar-refractivity contribution is 14.0.